The minimum absolute atomic E-state index is 0.618. The summed E-state index contributed by atoms with van der Waals surface area (Å²) in [4.78, 5) is 6.61. The van der Waals surface area contributed by atoms with E-state index in [1.165, 1.54) is 38.2 Å². The largest absolute Gasteiger partial charge is 0.315 e. The molecule has 3 heteroatoms. The molecule has 0 aromatic carbocycles. The van der Waals surface area contributed by atoms with Crippen molar-refractivity contribution in [3.63, 3.8) is 0 Å². The first-order chi connectivity index (χ1) is 7.36. The number of nitrogens with zero attached hydrogens (tertiary/aromatic N) is 2. The maximum absolute atomic E-state index is 4.05. The van der Waals surface area contributed by atoms with Crippen LogP contribution in [0.2, 0.25) is 0 Å². The molecular formula is C12H17N3. The predicted octanol–water partition coefficient (Wildman–Crippen LogP) is 0.877. The van der Waals surface area contributed by atoms with E-state index in [2.05, 4.69) is 27.3 Å². The monoisotopic (exact) mass is 203 g/mol. The second-order valence-electron chi connectivity index (χ2n) is 4.92. The zero-order valence-corrected chi connectivity index (χ0v) is 8.95. The van der Waals surface area contributed by atoms with Gasteiger partial charge in [0.15, 0.2) is 0 Å². The molecule has 0 bridgehead atoms. The van der Waals surface area contributed by atoms with Crippen LogP contribution >= 0.6 is 0 Å². The minimum Gasteiger partial charge on any atom is -0.315 e. The van der Waals surface area contributed by atoms with E-state index in [0.29, 0.717) is 5.41 Å². The molecule has 2 aliphatic heterocycles. The first-order valence-corrected chi connectivity index (χ1v) is 5.68. The van der Waals surface area contributed by atoms with Gasteiger partial charge in [-0.05, 0) is 30.7 Å². The van der Waals surface area contributed by atoms with E-state index in [9.17, 15) is 0 Å². The number of hydrogen-bond acceptors (Lipinski definition) is 3. The number of hydrogen-bond donors (Lipinski definition) is 1. The number of aromatic nitrogens is 1. The van der Waals surface area contributed by atoms with E-state index in [-0.39, 0.29) is 0 Å². The van der Waals surface area contributed by atoms with E-state index in [0.717, 1.165) is 6.54 Å². The summed E-state index contributed by atoms with van der Waals surface area (Å²) in [6.07, 6.45) is 5.13. The molecule has 2 saturated heterocycles. The Kier molecular flexibility index (Phi) is 2.22. The summed E-state index contributed by atoms with van der Waals surface area (Å²) in [5.74, 6) is 0. The van der Waals surface area contributed by atoms with E-state index in [1.807, 2.05) is 12.4 Å². The molecule has 0 aliphatic carbocycles. The molecule has 1 aromatic rings. The van der Waals surface area contributed by atoms with Gasteiger partial charge >= 0.3 is 0 Å². The third-order valence-electron chi connectivity index (χ3n) is 3.67. The highest BCUT2D eigenvalue weighted by molar-refractivity contribution is 5.10. The fraction of sp³-hybridized carbons (Fsp3) is 0.583. The van der Waals surface area contributed by atoms with Crippen LogP contribution in [0.15, 0.2) is 24.5 Å². The first kappa shape index (κ1) is 9.31. The predicted molar refractivity (Wildman–Crippen MR) is 59.4 cm³/mol. The molecule has 80 valence electrons. The second kappa shape index (κ2) is 3.58. The molecule has 0 atom stereocenters. The average Bonchev–Trinajstić information content (AvgIpc) is 2.63. The highest BCUT2D eigenvalue weighted by atomic mass is 15.2. The van der Waals surface area contributed by atoms with Gasteiger partial charge in [0.1, 0.15) is 0 Å². The van der Waals surface area contributed by atoms with Crippen molar-refractivity contribution in [2.24, 2.45) is 5.41 Å². The molecule has 2 fully saturated rings. The highest BCUT2D eigenvalue weighted by Gasteiger charge is 2.42. The summed E-state index contributed by atoms with van der Waals surface area (Å²) in [7, 11) is 0. The molecule has 3 nitrogen and oxygen atoms in total. The molecule has 3 rings (SSSR count). The third-order valence-corrected chi connectivity index (χ3v) is 3.67. The quantitative estimate of drug-likeness (QED) is 0.773. The molecule has 0 radical (unpaired) electrons. The SMILES string of the molecule is c1cc(CN2CCC3(CNC3)C2)ccn1. The van der Waals surface area contributed by atoms with Gasteiger partial charge in [-0.3, -0.25) is 9.88 Å². The average molecular weight is 203 g/mol. The Morgan fingerprint density at radius 3 is 2.73 bits per heavy atom. The fourth-order valence-corrected chi connectivity index (χ4v) is 2.68. The summed E-state index contributed by atoms with van der Waals surface area (Å²) >= 11 is 0. The number of pyridine rings is 1. The summed E-state index contributed by atoms with van der Waals surface area (Å²) in [5, 5.41) is 3.39. The maximum atomic E-state index is 4.05. The van der Waals surface area contributed by atoms with Crippen LogP contribution in [0.1, 0.15) is 12.0 Å². The molecule has 3 heterocycles. The minimum atomic E-state index is 0.618. The Morgan fingerprint density at radius 1 is 1.33 bits per heavy atom. The van der Waals surface area contributed by atoms with Crippen LogP contribution in [-0.2, 0) is 6.54 Å². The van der Waals surface area contributed by atoms with Gasteiger partial charge < -0.3 is 5.32 Å². The molecule has 0 unspecified atom stereocenters. The van der Waals surface area contributed by atoms with E-state index in [1.54, 1.807) is 0 Å². The molecule has 0 saturated carbocycles. The Morgan fingerprint density at radius 2 is 2.13 bits per heavy atom. The van der Waals surface area contributed by atoms with Gasteiger partial charge in [-0.2, -0.15) is 0 Å². The zero-order chi connectivity index (χ0) is 10.1. The zero-order valence-electron chi connectivity index (χ0n) is 8.95. The van der Waals surface area contributed by atoms with Gasteiger partial charge in [0.05, 0.1) is 0 Å². The van der Waals surface area contributed by atoms with Gasteiger partial charge in [-0.25, -0.2) is 0 Å². The molecule has 0 amide bonds. The van der Waals surface area contributed by atoms with Gasteiger partial charge in [-0.15, -0.1) is 0 Å². The van der Waals surface area contributed by atoms with Crippen LogP contribution in [0.3, 0.4) is 0 Å². The van der Waals surface area contributed by atoms with Crippen LogP contribution in [-0.4, -0.2) is 36.1 Å². The third kappa shape index (κ3) is 1.77. The Balaban J connectivity index is 1.61. The van der Waals surface area contributed by atoms with E-state index < -0.39 is 0 Å². The van der Waals surface area contributed by atoms with Gasteiger partial charge in [0.2, 0.25) is 0 Å². The number of rotatable bonds is 2. The lowest BCUT2D eigenvalue weighted by atomic mass is 9.81. The number of likely N-dealkylation sites (tertiary alicyclic amines) is 1. The van der Waals surface area contributed by atoms with Gasteiger partial charge in [-0.1, -0.05) is 0 Å². The summed E-state index contributed by atoms with van der Waals surface area (Å²) < 4.78 is 0. The summed E-state index contributed by atoms with van der Waals surface area (Å²) in [5.41, 5.74) is 2.00. The van der Waals surface area contributed by atoms with Crippen LogP contribution in [0.4, 0.5) is 0 Å². The van der Waals surface area contributed by atoms with Crippen LogP contribution in [0, 0.1) is 5.41 Å². The topological polar surface area (TPSA) is 28.2 Å². The van der Waals surface area contributed by atoms with Crippen LogP contribution < -0.4 is 5.32 Å². The lowest BCUT2D eigenvalue weighted by molar-refractivity contribution is 0.167. The van der Waals surface area contributed by atoms with Crippen molar-refractivity contribution in [2.45, 2.75) is 13.0 Å². The van der Waals surface area contributed by atoms with Gasteiger partial charge in [0, 0.05) is 44.0 Å². The van der Waals surface area contributed by atoms with Crippen LogP contribution in [0.5, 0.6) is 0 Å². The van der Waals surface area contributed by atoms with Crippen molar-refractivity contribution in [2.75, 3.05) is 26.2 Å². The Hall–Kier alpha value is -0.930. The molecule has 1 N–H and O–H groups in total. The van der Waals surface area contributed by atoms with E-state index >= 15 is 0 Å². The normalized spacial score (nSPS) is 24.3. The highest BCUT2D eigenvalue weighted by Crippen LogP contribution is 2.34. The lowest BCUT2D eigenvalue weighted by Crippen LogP contribution is -2.54. The molecule has 1 spiro atoms. The molecule has 1 aromatic heterocycles. The molecule has 15 heavy (non-hydrogen) atoms. The van der Waals surface area contributed by atoms with Crippen LogP contribution in [0.25, 0.3) is 0 Å². The van der Waals surface area contributed by atoms with Crippen molar-refractivity contribution in [3.05, 3.63) is 30.1 Å². The Labute approximate surface area is 90.5 Å². The smallest absolute Gasteiger partial charge is 0.0271 e. The fourth-order valence-electron chi connectivity index (χ4n) is 2.68. The number of nitrogens with one attached hydrogen (secondary N) is 1. The molecule has 2 aliphatic rings. The van der Waals surface area contributed by atoms with Gasteiger partial charge in [0.25, 0.3) is 0 Å². The first-order valence-electron chi connectivity index (χ1n) is 5.68. The van der Waals surface area contributed by atoms with Crippen molar-refractivity contribution in [1.29, 1.82) is 0 Å². The second-order valence-corrected chi connectivity index (χ2v) is 4.92. The van der Waals surface area contributed by atoms with Crippen molar-refractivity contribution in [1.82, 2.24) is 15.2 Å². The summed E-state index contributed by atoms with van der Waals surface area (Å²) in [6, 6.07) is 4.23. The lowest BCUT2D eigenvalue weighted by Gasteiger charge is -2.39. The van der Waals surface area contributed by atoms with Crippen molar-refractivity contribution < 1.29 is 0 Å². The standard InChI is InChI=1S/C12H17N3/c1-4-13-5-2-11(1)7-15-6-3-12(10-15)8-14-9-12/h1-2,4-5,14H,3,6-10H2. The Bertz CT molecular complexity index is 332. The van der Waals surface area contributed by atoms with Crippen molar-refractivity contribution >= 4 is 0 Å². The van der Waals surface area contributed by atoms with Crippen molar-refractivity contribution in [3.8, 4) is 0 Å². The molecular weight excluding hydrogens is 186 g/mol. The maximum Gasteiger partial charge on any atom is 0.0271 e. The summed E-state index contributed by atoms with van der Waals surface area (Å²) in [6.45, 7) is 6.05. The van der Waals surface area contributed by atoms with E-state index in [4.69, 9.17) is 0 Å².